The topological polar surface area (TPSA) is 72.9 Å². The van der Waals surface area contributed by atoms with Gasteiger partial charge in [-0.2, -0.15) is 0 Å². The molecule has 122 valence electrons. The predicted molar refractivity (Wildman–Crippen MR) is 91.7 cm³/mol. The van der Waals surface area contributed by atoms with Gasteiger partial charge in [-0.15, -0.1) is 0 Å². The first-order valence-electron chi connectivity index (χ1n) is 8.21. The minimum atomic E-state index is -0.713. The van der Waals surface area contributed by atoms with E-state index in [0.717, 1.165) is 48.4 Å². The fraction of sp³-hybridized carbons (Fsp3) is 0.444. The SMILES string of the molecule is Cc1ncn(-c2ccc(NC(=O)C3(N)CCCCC3)cc2)c1C. The van der Waals surface area contributed by atoms with Crippen LogP contribution in [0, 0.1) is 13.8 Å². The highest BCUT2D eigenvalue weighted by atomic mass is 16.2. The van der Waals surface area contributed by atoms with Gasteiger partial charge in [0.15, 0.2) is 0 Å². The maximum atomic E-state index is 12.5. The van der Waals surface area contributed by atoms with Gasteiger partial charge in [-0.3, -0.25) is 4.79 Å². The number of nitrogens with two attached hydrogens (primary N) is 1. The van der Waals surface area contributed by atoms with Gasteiger partial charge in [0, 0.05) is 17.1 Å². The maximum Gasteiger partial charge on any atom is 0.244 e. The molecule has 5 heteroatoms. The van der Waals surface area contributed by atoms with Gasteiger partial charge in [-0.05, 0) is 51.0 Å². The van der Waals surface area contributed by atoms with Gasteiger partial charge in [0.05, 0.1) is 17.6 Å². The first-order chi connectivity index (χ1) is 11.0. The van der Waals surface area contributed by atoms with Crippen molar-refractivity contribution in [1.29, 1.82) is 0 Å². The van der Waals surface area contributed by atoms with Crippen molar-refractivity contribution in [3.05, 3.63) is 42.0 Å². The molecular formula is C18H24N4O. The van der Waals surface area contributed by atoms with Crippen LogP contribution in [0.15, 0.2) is 30.6 Å². The number of nitrogens with zero attached hydrogens (tertiary/aromatic N) is 2. The fourth-order valence-electron chi connectivity index (χ4n) is 3.13. The van der Waals surface area contributed by atoms with Crippen molar-refractivity contribution in [3.63, 3.8) is 0 Å². The summed E-state index contributed by atoms with van der Waals surface area (Å²) in [5, 5.41) is 2.96. The van der Waals surface area contributed by atoms with Gasteiger partial charge in [-0.1, -0.05) is 19.3 Å². The molecule has 1 fully saturated rings. The lowest BCUT2D eigenvalue weighted by atomic mass is 9.82. The summed E-state index contributed by atoms with van der Waals surface area (Å²) in [7, 11) is 0. The summed E-state index contributed by atoms with van der Waals surface area (Å²) in [6, 6.07) is 7.78. The van der Waals surface area contributed by atoms with Crippen LogP contribution in [0.3, 0.4) is 0 Å². The van der Waals surface area contributed by atoms with E-state index < -0.39 is 5.54 Å². The summed E-state index contributed by atoms with van der Waals surface area (Å²) in [5.74, 6) is -0.0698. The van der Waals surface area contributed by atoms with Crippen molar-refractivity contribution in [2.45, 2.75) is 51.5 Å². The largest absolute Gasteiger partial charge is 0.324 e. The Hall–Kier alpha value is -2.14. The first-order valence-corrected chi connectivity index (χ1v) is 8.21. The van der Waals surface area contributed by atoms with Gasteiger partial charge in [0.2, 0.25) is 5.91 Å². The highest BCUT2D eigenvalue weighted by molar-refractivity contribution is 5.98. The second kappa shape index (κ2) is 6.16. The average Bonchev–Trinajstić information content (AvgIpc) is 2.88. The second-order valence-corrected chi connectivity index (χ2v) is 6.50. The van der Waals surface area contributed by atoms with Crippen molar-refractivity contribution in [2.75, 3.05) is 5.32 Å². The zero-order chi connectivity index (χ0) is 16.4. The Labute approximate surface area is 136 Å². The van der Waals surface area contributed by atoms with E-state index in [2.05, 4.69) is 10.3 Å². The molecule has 3 N–H and O–H groups in total. The van der Waals surface area contributed by atoms with Crippen LogP contribution in [0.1, 0.15) is 43.5 Å². The Morgan fingerprint density at radius 1 is 1.17 bits per heavy atom. The molecule has 0 atom stereocenters. The number of carbonyl (C=O) groups is 1. The zero-order valence-corrected chi connectivity index (χ0v) is 13.8. The molecule has 0 radical (unpaired) electrons. The maximum absolute atomic E-state index is 12.5. The monoisotopic (exact) mass is 312 g/mol. The van der Waals surface area contributed by atoms with Gasteiger partial charge in [0.1, 0.15) is 0 Å². The molecule has 1 aromatic carbocycles. The highest BCUT2D eigenvalue weighted by Crippen LogP contribution is 2.27. The number of imidazole rings is 1. The smallest absolute Gasteiger partial charge is 0.244 e. The van der Waals surface area contributed by atoms with Crippen molar-refractivity contribution in [2.24, 2.45) is 5.73 Å². The fourth-order valence-corrected chi connectivity index (χ4v) is 3.13. The molecule has 1 heterocycles. The van der Waals surface area contributed by atoms with Crippen LogP contribution in [0.2, 0.25) is 0 Å². The van der Waals surface area contributed by atoms with E-state index in [1.165, 1.54) is 6.42 Å². The van der Waals surface area contributed by atoms with Crippen molar-refractivity contribution in [1.82, 2.24) is 9.55 Å². The first kappa shape index (κ1) is 15.7. The number of anilines is 1. The minimum Gasteiger partial charge on any atom is -0.324 e. The van der Waals surface area contributed by atoms with Crippen LogP contribution in [0.5, 0.6) is 0 Å². The Kier molecular flexibility index (Phi) is 4.22. The minimum absolute atomic E-state index is 0.0698. The van der Waals surface area contributed by atoms with Crippen molar-refractivity contribution < 1.29 is 4.79 Å². The third kappa shape index (κ3) is 3.15. The van der Waals surface area contributed by atoms with Crippen LogP contribution >= 0.6 is 0 Å². The molecule has 0 aliphatic heterocycles. The third-order valence-corrected chi connectivity index (χ3v) is 4.85. The summed E-state index contributed by atoms with van der Waals surface area (Å²) < 4.78 is 2.03. The van der Waals surface area contributed by atoms with Crippen LogP contribution < -0.4 is 11.1 Å². The number of carbonyl (C=O) groups excluding carboxylic acids is 1. The lowest BCUT2D eigenvalue weighted by molar-refractivity contribution is -0.122. The van der Waals surface area contributed by atoms with E-state index in [0.29, 0.717) is 0 Å². The Morgan fingerprint density at radius 3 is 2.39 bits per heavy atom. The number of amides is 1. The molecular weight excluding hydrogens is 288 g/mol. The van der Waals surface area contributed by atoms with E-state index >= 15 is 0 Å². The molecule has 0 spiro atoms. The molecule has 5 nitrogen and oxygen atoms in total. The van der Waals surface area contributed by atoms with Gasteiger partial charge >= 0.3 is 0 Å². The van der Waals surface area contributed by atoms with E-state index in [1.807, 2.05) is 49.0 Å². The Balaban J connectivity index is 1.72. The summed E-state index contributed by atoms with van der Waals surface area (Å²) in [6.45, 7) is 4.03. The number of rotatable bonds is 3. The molecule has 1 amide bonds. The van der Waals surface area contributed by atoms with Gasteiger partial charge < -0.3 is 15.6 Å². The lowest BCUT2D eigenvalue weighted by Gasteiger charge is -2.31. The van der Waals surface area contributed by atoms with Crippen LogP contribution in [-0.2, 0) is 4.79 Å². The molecule has 0 unspecified atom stereocenters. The van der Waals surface area contributed by atoms with Crippen LogP contribution in [-0.4, -0.2) is 21.0 Å². The normalized spacial score (nSPS) is 17.0. The average molecular weight is 312 g/mol. The standard InChI is InChI=1S/C18H24N4O/c1-13-14(2)22(12-20-13)16-8-6-15(7-9-16)21-17(23)18(19)10-4-3-5-11-18/h6-9,12H,3-5,10-11,19H2,1-2H3,(H,21,23). The van der Waals surface area contributed by atoms with Crippen molar-refractivity contribution >= 4 is 11.6 Å². The zero-order valence-electron chi connectivity index (χ0n) is 13.8. The lowest BCUT2D eigenvalue weighted by Crippen LogP contribution is -2.52. The highest BCUT2D eigenvalue weighted by Gasteiger charge is 2.35. The summed E-state index contributed by atoms with van der Waals surface area (Å²) in [5.41, 5.74) is 9.50. The molecule has 0 bridgehead atoms. The molecule has 0 saturated heterocycles. The summed E-state index contributed by atoms with van der Waals surface area (Å²) in [4.78, 5) is 16.8. The number of nitrogens with one attached hydrogen (secondary N) is 1. The molecule has 2 aromatic rings. The Morgan fingerprint density at radius 2 is 1.83 bits per heavy atom. The van der Waals surface area contributed by atoms with E-state index in [9.17, 15) is 4.79 Å². The van der Waals surface area contributed by atoms with Gasteiger partial charge in [0.25, 0.3) is 0 Å². The molecule has 1 aliphatic carbocycles. The molecule has 1 aromatic heterocycles. The molecule has 1 aliphatic rings. The summed E-state index contributed by atoms with van der Waals surface area (Å²) >= 11 is 0. The number of aromatic nitrogens is 2. The van der Waals surface area contributed by atoms with Crippen LogP contribution in [0.25, 0.3) is 5.69 Å². The molecule has 3 rings (SSSR count). The quantitative estimate of drug-likeness (QED) is 0.914. The third-order valence-electron chi connectivity index (χ3n) is 4.85. The number of aryl methyl sites for hydroxylation is 1. The van der Waals surface area contributed by atoms with Crippen molar-refractivity contribution in [3.8, 4) is 5.69 Å². The summed E-state index contributed by atoms with van der Waals surface area (Å²) in [6.07, 6.45) is 6.58. The van der Waals surface area contributed by atoms with E-state index in [-0.39, 0.29) is 5.91 Å². The Bertz CT molecular complexity index is 696. The molecule has 23 heavy (non-hydrogen) atoms. The van der Waals surface area contributed by atoms with E-state index in [4.69, 9.17) is 5.73 Å². The number of benzene rings is 1. The van der Waals surface area contributed by atoms with Crippen LogP contribution in [0.4, 0.5) is 5.69 Å². The molecule has 1 saturated carbocycles. The second-order valence-electron chi connectivity index (χ2n) is 6.50. The number of hydrogen-bond donors (Lipinski definition) is 2. The van der Waals surface area contributed by atoms with E-state index in [1.54, 1.807) is 0 Å². The van der Waals surface area contributed by atoms with Gasteiger partial charge in [-0.25, -0.2) is 4.98 Å². The predicted octanol–water partition coefficient (Wildman–Crippen LogP) is 3.09. The number of hydrogen-bond acceptors (Lipinski definition) is 3.